The van der Waals surface area contributed by atoms with E-state index in [4.69, 9.17) is 4.74 Å². The number of anilines is 1. The highest BCUT2D eigenvalue weighted by Gasteiger charge is 2.53. The van der Waals surface area contributed by atoms with Gasteiger partial charge in [0, 0.05) is 17.9 Å². The van der Waals surface area contributed by atoms with Gasteiger partial charge in [-0.3, -0.25) is 9.59 Å². The molecule has 0 aromatic heterocycles. The van der Waals surface area contributed by atoms with Gasteiger partial charge >= 0.3 is 5.97 Å². The van der Waals surface area contributed by atoms with Crippen LogP contribution in [0.2, 0.25) is 0 Å². The molecule has 1 aromatic rings. The van der Waals surface area contributed by atoms with E-state index in [1.54, 1.807) is 16.7 Å². The lowest BCUT2D eigenvalue weighted by atomic mass is 10.1. The van der Waals surface area contributed by atoms with Gasteiger partial charge in [0.25, 0.3) is 5.91 Å². The third-order valence-electron chi connectivity index (χ3n) is 4.57. The van der Waals surface area contributed by atoms with Crippen molar-refractivity contribution in [1.29, 1.82) is 0 Å². The molecule has 6 nitrogen and oxygen atoms in total. The van der Waals surface area contributed by atoms with Gasteiger partial charge in [-0.05, 0) is 50.5 Å². The molecule has 2 saturated heterocycles. The Balaban J connectivity index is 1.55. The van der Waals surface area contributed by atoms with Crippen LogP contribution in [0.3, 0.4) is 0 Å². The van der Waals surface area contributed by atoms with E-state index in [0.717, 1.165) is 17.5 Å². The Morgan fingerprint density at radius 1 is 1.32 bits per heavy atom. The number of amides is 2. The zero-order chi connectivity index (χ0) is 18.2. The van der Waals surface area contributed by atoms with Crippen LogP contribution in [0, 0.1) is 13.8 Å². The smallest absolute Gasteiger partial charge is 0.330 e. The van der Waals surface area contributed by atoms with Gasteiger partial charge in [0.05, 0.1) is 4.87 Å². The molecule has 0 aliphatic carbocycles. The zero-order valence-electron chi connectivity index (χ0n) is 14.6. The van der Waals surface area contributed by atoms with Crippen LogP contribution < -0.4 is 5.32 Å². The van der Waals surface area contributed by atoms with E-state index in [0.29, 0.717) is 17.9 Å². The highest BCUT2D eigenvalue weighted by atomic mass is 32.2. The molecule has 2 heterocycles. The number of hydrogen-bond donors (Lipinski definition) is 1. The summed E-state index contributed by atoms with van der Waals surface area (Å²) < 4.78 is 5.16. The number of carbonyl (C=O) groups is 3. The SMILES string of the molecule is Cc1cc(C)cc(NC(=O)COC(=O)[C@@H]2CS[C@]3(C)CCC(=O)N23)c1. The first-order chi connectivity index (χ1) is 11.8. The highest BCUT2D eigenvalue weighted by molar-refractivity contribution is 8.01. The Bertz CT molecular complexity index is 716. The Labute approximate surface area is 151 Å². The Morgan fingerprint density at radius 2 is 2.00 bits per heavy atom. The number of fused-ring (bicyclic) bond motifs is 1. The number of aryl methyl sites for hydroxylation is 2. The molecular formula is C18H22N2O4S. The number of nitrogens with zero attached hydrogens (tertiary/aromatic N) is 1. The van der Waals surface area contributed by atoms with E-state index in [1.165, 1.54) is 0 Å². The monoisotopic (exact) mass is 362 g/mol. The van der Waals surface area contributed by atoms with Crippen molar-refractivity contribution >= 4 is 35.2 Å². The number of nitrogens with one attached hydrogen (secondary N) is 1. The standard InChI is InChI=1S/C18H22N2O4S/c1-11-6-12(2)8-13(7-11)19-15(21)9-24-17(23)14-10-25-18(3)5-4-16(22)20(14)18/h6-8,14H,4-5,9-10H2,1-3H3,(H,19,21)/t14-,18+/m0/s1. The molecule has 2 fully saturated rings. The number of thioether (sulfide) groups is 1. The first kappa shape index (κ1) is 17.8. The molecule has 0 saturated carbocycles. The number of benzene rings is 1. The van der Waals surface area contributed by atoms with Crippen LogP contribution in [0.25, 0.3) is 0 Å². The van der Waals surface area contributed by atoms with Crippen LogP contribution in [0.1, 0.15) is 30.9 Å². The van der Waals surface area contributed by atoms with Crippen molar-refractivity contribution in [1.82, 2.24) is 4.90 Å². The van der Waals surface area contributed by atoms with Crippen molar-refractivity contribution in [2.45, 2.75) is 44.5 Å². The quantitative estimate of drug-likeness (QED) is 0.832. The largest absolute Gasteiger partial charge is 0.454 e. The first-order valence-corrected chi connectivity index (χ1v) is 9.28. The summed E-state index contributed by atoms with van der Waals surface area (Å²) >= 11 is 1.60. The summed E-state index contributed by atoms with van der Waals surface area (Å²) in [6, 6.07) is 5.12. The Hall–Kier alpha value is -2.02. The van der Waals surface area contributed by atoms with Gasteiger partial charge in [-0.2, -0.15) is 0 Å². The average molecular weight is 362 g/mol. The topological polar surface area (TPSA) is 75.7 Å². The predicted molar refractivity (Wildman–Crippen MR) is 96.2 cm³/mol. The maximum atomic E-state index is 12.3. The molecule has 2 atom stereocenters. The summed E-state index contributed by atoms with van der Waals surface area (Å²) in [5, 5.41) is 2.73. The minimum absolute atomic E-state index is 0.0193. The average Bonchev–Trinajstić information content (AvgIpc) is 3.01. The molecule has 25 heavy (non-hydrogen) atoms. The van der Waals surface area contributed by atoms with Gasteiger partial charge in [0.1, 0.15) is 6.04 Å². The Kier molecular flexibility index (Phi) is 4.77. The normalized spacial score (nSPS) is 25.0. The minimum Gasteiger partial charge on any atom is -0.454 e. The van der Waals surface area contributed by atoms with Gasteiger partial charge in [0.15, 0.2) is 6.61 Å². The second kappa shape index (κ2) is 6.71. The zero-order valence-corrected chi connectivity index (χ0v) is 15.4. The van der Waals surface area contributed by atoms with Crippen LogP contribution in [-0.2, 0) is 19.1 Å². The summed E-state index contributed by atoms with van der Waals surface area (Å²) in [7, 11) is 0. The summed E-state index contributed by atoms with van der Waals surface area (Å²) in [5.41, 5.74) is 2.77. The van der Waals surface area contributed by atoms with Crippen molar-refractivity contribution < 1.29 is 19.1 Å². The lowest BCUT2D eigenvalue weighted by Crippen LogP contribution is -2.47. The van der Waals surface area contributed by atoms with E-state index in [-0.39, 0.29) is 23.3 Å². The fourth-order valence-corrected chi connectivity index (χ4v) is 4.89. The molecule has 2 amide bonds. The fraction of sp³-hybridized carbons (Fsp3) is 0.500. The van der Waals surface area contributed by atoms with Crippen LogP contribution in [0.15, 0.2) is 18.2 Å². The number of hydrogen-bond acceptors (Lipinski definition) is 5. The number of rotatable bonds is 4. The summed E-state index contributed by atoms with van der Waals surface area (Å²) in [6.07, 6.45) is 1.20. The molecule has 0 radical (unpaired) electrons. The van der Waals surface area contributed by atoms with E-state index in [2.05, 4.69) is 5.32 Å². The van der Waals surface area contributed by atoms with Crippen molar-refractivity contribution in [3.05, 3.63) is 29.3 Å². The summed E-state index contributed by atoms with van der Waals surface area (Å²) in [5.74, 6) is -0.407. The maximum Gasteiger partial charge on any atom is 0.330 e. The van der Waals surface area contributed by atoms with Crippen LogP contribution in [0.4, 0.5) is 5.69 Å². The molecule has 0 bridgehead atoms. The highest BCUT2D eigenvalue weighted by Crippen LogP contribution is 2.47. The van der Waals surface area contributed by atoms with Crippen molar-refractivity contribution in [3.63, 3.8) is 0 Å². The second-order valence-corrected chi connectivity index (χ2v) is 8.30. The van der Waals surface area contributed by atoms with Crippen molar-refractivity contribution in [2.75, 3.05) is 17.7 Å². The summed E-state index contributed by atoms with van der Waals surface area (Å²) in [6.45, 7) is 5.52. The van der Waals surface area contributed by atoms with Gasteiger partial charge in [-0.1, -0.05) is 6.07 Å². The molecule has 134 valence electrons. The molecule has 0 unspecified atom stereocenters. The lowest BCUT2D eigenvalue weighted by molar-refractivity contribution is -0.155. The molecule has 0 spiro atoms. The van der Waals surface area contributed by atoms with Crippen molar-refractivity contribution in [3.8, 4) is 0 Å². The maximum absolute atomic E-state index is 12.3. The van der Waals surface area contributed by atoms with E-state index < -0.39 is 12.0 Å². The number of ether oxygens (including phenoxy) is 1. The summed E-state index contributed by atoms with van der Waals surface area (Å²) in [4.78, 5) is 37.7. The molecule has 1 N–H and O–H groups in total. The number of carbonyl (C=O) groups excluding carboxylic acids is 3. The van der Waals surface area contributed by atoms with Crippen LogP contribution >= 0.6 is 11.8 Å². The van der Waals surface area contributed by atoms with E-state index in [1.807, 2.05) is 39.0 Å². The van der Waals surface area contributed by atoms with Gasteiger partial charge in [-0.25, -0.2) is 4.79 Å². The molecule has 2 aliphatic rings. The van der Waals surface area contributed by atoms with Crippen molar-refractivity contribution in [2.24, 2.45) is 0 Å². The van der Waals surface area contributed by atoms with E-state index >= 15 is 0 Å². The second-order valence-electron chi connectivity index (χ2n) is 6.80. The first-order valence-electron chi connectivity index (χ1n) is 8.29. The van der Waals surface area contributed by atoms with Gasteiger partial charge in [-0.15, -0.1) is 11.8 Å². The molecule has 7 heteroatoms. The molecule has 2 aliphatic heterocycles. The van der Waals surface area contributed by atoms with Gasteiger partial charge in [0.2, 0.25) is 5.91 Å². The van der Waals surface area contributed by atoms with Gasteiger partial charge < -0.3 is 15.0 Å². The third kappa shape index (κ3) is 3.66. The third-order valence-corrected chi connectivity index (χ3v) is 6.07. The molecular weight excluding hydrogens is 340 g/mol. The minimum atomic E-state index is -0.598. The van der Waals surface area contributed by atoms with Crippen LogP contribution in [0.5, 0.6) is 0 Å². The van der Waals surface area contributed by atoms with E-state index in [9.17, 15) is 14.4 Å². The number of esters is 1. The predicted octanol–water partition coefficient (Wildman–Crippen LogP) is 2.24. The fourth-order valence-electron chi connectivity index (χ4n) is 3.47. The molecule has 3 rings (SSSR count). The Morgan fingerprint density at radius 3 is 2.68 bits per heavy atom. The lowest BCUT2D eigenvalue weighted by Gasteiger charge is -2.29. The molecule has 1 aromatic carbocycles. The van der Waals surface area contributed by atoms with Crippen LogP contribution in [-0.4, -0.2) is 46.0 Å².